The maximum atomic E-state index is 12.0. The second-order valence-corrected chi connectivity index (χ2v) is 7.98. The summed E-state index contributed by atoms with van der Waals surface area (Å²) < 4.78 is 19.6. The van der Waals surface area contributed by atoms with Gasteiger partial charge in [0.25, 0.3) is 0 Å². The number of carbonyl (C=O) groups excluding carboxylic acids is 1. The third-order valence-electron chi connectivity index (χ3n) is 2.39. The van der Waals surface area contributed by atoms with Gasteiger partial charge in [0.05, 0.1) is 0 Å². The molecule has 0 aliphatic carbocycles. The Bertz CT molecular complexity index is 235. The number of hydrogen-bond acceptors (Lipinski definition) is 5. The standard InChI is InChI=1S/C10H21BrO5Si/c1-6-7-8-10(2,11)9(12)16-17(13-3,14-4)15-5/h6-8H2,1-5H3. The maximum absolute atomic E-state index is 12.0. The number of hydrogen-bond donors (Lipinski definition) is 0. The van der Waals surface area contributed by atoms with Crippen molar-refractivity contribution in [2.45, 2.75) is 37.4 Å². The molecule has 0 heterocycles. The molecule has 0 fully saturated rings. The van der Waals surface area contributed by atoms with Crippen LogP contribution in [-0.4, -0.2) is 40.7 Å². The van der Waals surface area contributed by atoms with Crippen molar-refractivity contribution >= 4 is 30.9 Å². The summed E-state index contributed by atoms with van der Waals surface area (Å²) in [5.41, 5.74) is 0. The van der Waals surface area contributed by atoms with E-state index in [2.05, 4.69) is 22.9 Å². The van der Waals surface area contributed by atoms with Crippen LogP contribution in [0.4, 0.5) is 0 Å². The normalized spacial score (nSPS) is 15.4. The summed E-state index contributed by atoms with van der Waals surface area (Å²) in [7, 11) is 0.870. The lowest BCUT2D eigenvalue weighted by molar-refractivity contribution is -0.145. The third kappa shape index (κ3) is 5.05. The number of alkyl halides is 1. The van der Waals surface area contributed by atoms with Crippen LogP contribution in [0, 0.1) is 0 Å². The van der Waals surface area contributed by atoms with Crippen molar-refractivity contribution in [1.29, 1.82) is 0 Å². The molecule has 0 aromatic carbocycles. The van der Waals surface area contributed by atoms with E-state index < -0.39 is 19.3 Å². The smallest absolute Gasteiger partial charge is 0.451 e. The van der Waals surface area contributed by atoms with E-state index in [1.54, 1.807) is 6.92 Å². The lowest BCUT2D eigenvalue weighted by atomic mass is 10.1. The van der Waals surface area contributed by atoms with Crippen LogP contribution in [-0.2, 0) is 22.5 Å². The van der Waals surface area contributed by atoms with E-state index in [0.717, 1.165) is 12.8 Å². The minimum absolute atomic E-state index is 0.428. The highest BCUT2D eigenvalue weighted by Crippen LogP contribution is 2.27. The van der Waals surface area contributed by atoms with Gasteiger partial charge >= 0.3 is 15.0 Å². The van der Waals surface area contributed by atoms with Crippen LogP contribution < -0.4 is 0 Å². The van der Waals surface area contributed by atoms with Gasteiger partial charge in [0.1, 0.15) is 4.32 Å². The molecule has 0 radical (unpaired) electrons. The van der Waals surface area contributed by atoms with E-state index in [1.165, 1.54) is 21.3 Å². The first-order valence-electron chi connectivity index (χ1n) is 5.45. The molecule has 0 rings (SSSR count). The van der Waals surface area contributed by atoms with Gasteiger partial charge in [-0.25, -0.2) is 0 Å². The molecule has 0 aromatic rings. The largest absolute Gasteiger partial charge is 0.750 e. The van der Waals surface area contributed by atoms with Crippen LogP contribution in [0.1, 0.15) is 33.1 Å². The molecular weight excluding hydrogens is 308 g/mol. The van der Waals surface area contributed by atoms with Gasteiger partial charge in [-0.1, -0.05) is 35.7 Å². The van der Waals surface area contributed by atoms with Gasteiger partial charge in [-0.2, -0.15) is 0 Å². The molecule has 0 aliphatic rings. The highest BCUT2D eigenvalue weighted by molar-refractivity contribution is 9.10. The fourth-order valence-electron chi connectivity index (χ4n) is 1.21. The van der Waals surface area contributed by atoms with E-state index in [4.69, 9.17) is 17.7 Å². The number of rotatable bonds is 8. The molecule has 1 unspecified atom stereocenters. The number of halogens is 1. The maximum Gasteiger partial charge on any atom is 0.750 e. The second-order valence-electron chi connectivity index (χ2n) is 3.80. The van der Waals surface area contributed by atoms with Crippen LogP contribution in [0.25, 0.3) is 0 Å². The minimum atomic E-state index is -3.31. The Morgan fingerprint density at radius 1 is 1.24 bits per heavy atom. The lowest BCUT2D eigenvalue weighted by Crippen LogP contribution is -2.51. The average molecular weight is 329 g/mol. The highest BCUT2D eigenvalue weighted by atomic mass is 79.9. The molecule has 0 saturated heterocycles. The predicted octanol–water partition coefficient (Wildman–Crippen LogP) is 2.25. The molecular formula is C10H21BrO5Si. The molecule has 0 saturated carbocycles. The van der Waals surface area contributed by atoms with Gasteiger partial charge in [-0.05, 0) is 13.3 Å². The summed E-state index contributed by atoms with van der Waals surface area (Å²) in [6.45, 7) is 3.83. The van der Waals surface area contributed by atoms with Crippen molar-refractivity contribution in [3.05, 3.63) is 0 Å². The summed E-state index contributed by atoms with van der Waals surface area (Å²) in [5, 5.41) is 0. The Morgan fingerprint density at radius 3 is 2.06 bits per heavy atom. The van der Waals surface area contributed by atoms with Gasteiger partial charge in [0, 0.05) is 21.3 Å². The summed E-state index contributed by atoms with van der Waals surface area (Å²) in [6, 6.07) is 0. The molecule has 0 amide bonds. The van der Waals surface area contributed by atoms with Crippen molar-refractivity contribution in [1.82, 2.24) is 0 Å². The van der Waals surface area contributed by atoms with Gasteiger partial charge < -0.3 is 17.7 Å². The third-order valence-corrected chi connectivity index (χ3v) is 5.05. The molecule has 0 aliphatic heterocycles. The monoisotopic (exact) mass is 328 g/mol. The van der Waals surface area contributed by atoms with Crippen molar-refractivity contribution in [2.24, 2.45) is 0 Å². The molecule has 102 valence electrons. The van der Waals surface area contributed by atoms with E-state index in [0.29, 0.717) is 6.42 Å². The van der Waals surface area contributed by atoms with E-state index >= 15 is 0 Å². The van der Waals surface area contributed by atoms with Crippen LogP contribution in [0.2, 0.25) is 0 Å². The fraction of sp³-hybridized carbons (Fsp3) is 0.900. The molecule has 17 heavy (non-hydrogen) atoms. The van der Waals surface area contributed by atoms with Crippen molar-refractivity contribution in [2.75, 3.05) is 21.3 Å². The van der Waals surface area contributed by atoms with Gasteiger partial charge in [0.2, 0.25) is 0 Å². The van der Waals surface area contributed by atoms with E-state index in [-0.39, 0.29) is 0 Å². The summed E-state index contributed by atoms with van der Waals surface area (Å²) in [4.78, 5) is 12.0. The second kappa shape index (κ2) is 7.47. The molecule has 7 heteroatoms. The highest BCUT2D eigenvalue weighted by Gasteiger charge is 2.49. The van der Waals surface area contributed by atoms with Crippen LogP contribution in [0.3, 0.4) is 0 Å². The quantitative estimate of drug-likeness (QED) is 0.505. The zero-order chi connectivity index (χ0) is 13.5. The first kappa shape index (κ1) is 17.0. The Balaban J connectivity index is 4.59. The Kier molecular flexibility index (Phi) is 7.50. The zero-order valence-electron chi connectivity index (χ0n) is 11.0. The van der Waals surface area contributed by atoms with Gasteiger partial charge in [-0.15, -0.1) is 0 Å². The Labute approximate surface area is 112 Å². The first-order valence-corrected chi connectivity index (χ1v) is 7.88. The Hall–Kier alpha value is 0.0469. The fourth-order valence-corrected chi connectivity index (χ4v) is 2.92. The van der Waals surface area contributed by atoms with Gasteiger partial charge in [0.15, 0.2) is 0 Å². The van der Waals surface area contributed by atoms with Crippen LogP contribution in [0.15, 0.2) is 0 Å². The van der Waals surface area contributed by atoms with E-state index in [9.17, 15) is 4.79 Å². The number of carbonyl (C=O) groups is 1. The molecule has 1 atom stereocenters. The van der Waals surface area contributed by atoms with Crippen LogP contribution in [0.5, 0.6) is 0 Å². The molecule has 0 bridgehead atoms. The van der Waals surface area contributed by atoms with E-state index in [1.807, 2.05) is 0 Å². The zero-order valence-corrected chi connectivity index (χ0v) is 13.6. The molecule has 5 nitrogen and oxygen atoms in total. The summed E-state index contributed by atoms with van der Waals surface area (Å²) in [5.74, 6) is -0.428. The van der Waals surface area contributed by atoms with Crippen molar-refractivity contribution < 1.29 is 22.5 Å². The predicted molar refractivity (Wildman–Crippen MR) is 69.7 cm³/mol. The average Bonchev–Trinajstić information content (AvgIpc) is 2.33. The minimum Gasteiger partial charge on any atom is -0.451 e. The number of unbranched alkanes of at least 4 members (excludes halogenated alkanes) is 1. The summed E-state index contributed by atoms with van der Waals surface area (Å²) in [6.07, 6.45) is 2.62. The van der Waals surface area contributed by atoms with Crippen LogP contribution >= 0.6 is 15.9 Å². The topological polar surface area (TPSA) is 54.0 Å². The molecule has 0 aromatic heterocycles. The van der Waals surface area contributed by atoms with Gasteiger partial charge in [-0.3, -0.25) is 4.79 Å². The molecule has 0 N–H and O–H groups in total. The van der Waals surface area contributed by atoms with Crippen molar-refractivity contribution in [3.8, 4) is 0 Å². The molecule has 0 spiro atoms. The first-order chi connectivity index (χ1) is 7.87. The Morgan fingerprint density at radius 2 is 1.71 bits per heavy atom. The van der Waals surface area contributed by atoms with Crippen molar-refractivity contribution in [3.63, 3.8) is 0 Å². The SMILES string of the molecule is CCCCC(C)(Br)C(=O)O[Si](OC)(OC)OC. The summed E-state index contributed by atoms with van der Waals surface area (Å²) >= 11 is 3.37. The lowest BCUT2D eigenvalue weighted by Gasteiger charge is -2.27.